The van der Waals surface area contributed by atoms with Crippen LogP contribution in [0, 0.1) is 0 Å². The zero-order valence-electron chi connectivity index (χ0n) is 24.1. The molecule has 5 aromatic rings. The van der Waals surface area contributed by atoms with Gasteiger partial charge < -0.3 is 24.7 Å². The van der Waals surface area contributed by atoms with E-state index in [-0.39, 0.29) is 24.2 Å². The van der Waals surface area contributed by atoms with Gasteiger partial charge in [-0.25, -0.2) is 9.67 Å². The SMILES string of the molecule is O=C1C[C@@H](Nc2nnc(-c3cnn(-c4ccc(C(F)(F)F)nc4)c3N3CCOCC3)o2)N=C(c2ccccc2)c2ccccc2N1. The zero-order chi connectivity index (χ0) is 31.7. The summed E-state index contributed by atoms with van der Waals surface area (Å²) in [5.41, 5.74) is 2.74. The molecule has 0 aliphatic carbocycles. The molecule has 2 aliphatic rings. The fraction of sp³-hybridized carbons (Fsp3) is 0.226. The number of hydrogen-bond donors (Lipinski definition) is 2. The summed E-state index contributed by atoms with van der Waals surface area (Å²) in [6.07, 6.45) is -2.71. The number of ether oxygens (including phenoxy) is 1. The maximum absolute atomic E-state index is 13.2. The summed E-state index contributed by atoms with van der Waals surface area (Å²) >= 11 is 0. The van der Waals surface area contributed by atoms with Crippen molar-refractivity contribution in [3.8, 4) is 17.1 Å². The van der Waals surface area contributed by atoms with Crippen LogP contribution in [0.3, 0.4) is 0 Å². The molecule has 2 N–H and O–H groups in total. The second-order valence-corrected chi connectivity index (χ2v) is 10.5. The molecule has 0 saturated carbocycles. The number of para-hydroxylation sites is 1. The van der Waals surface area contributed by atoms with Gasteiger partial charge in [-0.1, -0.05) is 53.6 Å². The minimum Gasteiger partial charge on any atom is -0.403 e. The van der Waals surface area contributed by atoms with Crippen molar-refractivity contribution >= 4 is 29.1 Å². The summed E-state index contributed by atoms with van der Waals surface area (Å²) in [6.45, 7) is 1.89. The van der Waals surface area contributed by atoms with Crippen molar-refractivity contribution < 1.29 is 27.1 Å². The molecule has 0 unspecified atom stereocenters. The lowest BCUT2D eigenvalue weighted by Crippen LogP contribution is -2.37. The van der Waals surface area contributed by atoms with E-state index < -0.39 is 18.0 Å². The first kappa shape index (κ1) is 29.2. The van der Waals surface area contributed by atoms with Crippen LogP contribution in [0.2, 0.25) is 0 Å². The first-order valence-corrected chi connectivity index (χ1v) is 14.4. The highest BCUT2D eigenvalue weighted by molar-refractivity contribution is 6.17. The van der Waals surface area contributed by atoms with Crippen LogP contribution in [0.1, 0.15) is 23.2 Å². The number of alkyl halides is 3. The Morgan fingerprint density at radius 3 is 2.46 bits per heavy atom. The van der Waals surface area contributed by atoms with E-state index >= 15 is 0 Å². The average Bonchev–Trinajstić information content (AvgIpc) is 3.71. The molecule has 2 aromatic carbocycles. The number of amides is 1. The lowest BCUT2D eigenvalue weighted by Gasteiger charge is -2.29. The summed E-state index contributed by atoms with van der Waals surface area (Å²) in [6, 6.07) is 19.3. The summed E-state index contributed by atoms with van der Waals surface area (Å²) in [5, 5.41) is 18.9. The predicted molar refractivity (Wildman–Crippen MR) is 162 cm³/mol. The number of anilines is 3. The fourth-order valence-electron chi connectivity index (χ4n) is 5.33. The number of carbonyl (C=O) groups excluding carboxylic acids is 1. The van der Waals surface area contributed by atoms with E-state index in [1.807, 2.05) is 59.5 Å². The lowest BCUT2D eigenvalue weighted by molar-refractivity contribution is -0.141. The number of rotatable bonds is 6. The number of fused-ring (bicyclic) bond motifs is 1. The molecule has 46 heavy (non-hydrogen) atoms. The van der Waals surface area contributed by atoms with E-state index in [4.69, 9.17) is 14.1 Å². The smallest absolute Gasteiger partial charge is 0.403 e. The molecule has 7 rings (SSSR count). The van der Waals surface area contributed by atoms with Gasteiger partial charge in [-0.15, -0.1) is 5.10 Å². The van der Waals surface area contributed by atoms with E-state index in [0.29, 0.717) is 54.8 Å². The number of carbonyl (C=O) groups is 1. The van der Waals surface area contributed by atoms with Gasteiger partial charge in [-0.2, -0.15) is 18.3 Å². The van der Waals surface area contributed by atoms with Gasteiger partial charge in [0, 0.05) is 24.2 Å². The normalized spacial score (nSPS) is 17.0. The number of hydrogen-bond acceptors (Lipinski definition) is 10. The largest absolute Gasteiger partial charge is 0.433 e. The number of morpholine rings is 1. The molecule has 0 bridgehead atoms. The summed E-state index contributed by atoms with van der Waals surface area (Å²) in [7, 11) is 0. The van der Waals surface area contributed by atoms with Crippen LogP contribution in [-0.2, 0) is 15.7 Å². The van der Waals surface area contributed by atoms with Crippen LogP contribution in [-0.4, -0.2) is 69.0 Å². The van der Waals surface area contributed by atoms with Gasteiger partial charge in [0.2, 0.25) is 5.91 Å². The fourth-order valence-corrected chi connectivity index (χ4v) is 5.33. The number of aliphatic imine (C=N–C) groups is 1. The van der Waals surface area contributed by atoms with Crippen LogP contribution >= 0.6 is 0 Å². The van der Waals surface area contributed by atoms with E-state index in [9.17, 15) is 18.0 Å². The zero-order valence-corrected chi connectivity index (χ0v) is 24.1. The Morgan fingerprint density at radius 1 is 0.913 bits per heavy atom. The Balaban J connectivity index is 1.22. The quantitative estimate of drug-likeness (QED) is 0.272. The number of nitrogens with zero attached hydrogens (tertiary/aromatic N) is 7. The highest BCUT2D eigenvalue weighted by Crippen LogP contribution is 2.35. The summed E-state index contributed by atoms with van der Waals surface area (Å²) < 4.78 is 52.5. The van der Waals surface area contributed by atoms with Crippen molar-refractivity contribution in [3.05, 3.63) is 95.9 Å². The Hall–Kier alpha value is -5.57. The number of aromatic nitrogens is 5. The molecular weight excluding hydrogens is 603 g/mol. The molecule has 2 aliphatic heterocycles. The van der Waals surface area contributed by atoms with Gasteiger partial charge in [0.1, 0.15) is 23.2 Å². The van der Waals surface area contributed by atoms with E-state index in [0.717, 1.165) is 23.4 Å². The maximum atomic E-state index is 13.2. The van der Waals surface area contributed by atoms with Crippen molar-refractivity contribution in [1.82, 2.24) is 25.0 Å². The lowest BCUT2D eigenvalue weighted by atomic mass is 9.99. The third kappa shape index (κ3) is 5.91. The van der Waals surface area contributed by atoms with Crippen molar-refractivity contribution in [2.45, 2.75) is 18.8 Å². The number of nitrogens with one attached hydrogen (secondary N) is 2. The highest BCUT2D eigenvalue weighted by Gasteiger charge is 2.33. The molecule has 5 heterocycles. The maximum Gasteiger partial charge on any atom is 0.433 e. The number of pyridine rings is 1. The third-order valence-electron chi connectivity index (χ3n) is 7.45. The second-order valence-electron chi connectivity index (χ2n) is 10.5. The molecule has 0 radical (unpaired) electrons. The van der Waals surface area contributed by atoms with Crippen LogP contribution in [0.15, 0.2) is 88.5 Å². The van der Waals surface area contributed by atoms with E-state index in [1.54, 1.807) is 0 Å². The number of benzene rings is 2. The minimum absolute atomic E-state index is 0.0136. The van der Waals surface area contributed by atoms with Gasteiger partial charge in [-0.05, 0) is 18.2 Å². The van der Waals surface area contributed by atoms with Crippen molar-refractivity contribution in [2.24, 2.45) is 4.99 Å². The minimum atomic E-state index is -4.57. The monoisotopic (exact) mass is 629 g/mol. The van der Waals surface area contributed by atoms with Crippen LogP contribution < -0.4 is 15.5 Å². The van der Waals surface area contributed by atoms with Crippen LogP contribution in [0.5, 0.6) is 0 Å². The van der Waals surface area contributed by atoms with Gasteiger partial charge >= 0.3 is 12.2 Å². The van der Waals surface area contributed by atoms with Crippen LogP contribution in [0.4, 0.5) is 30.7 Å². The third-order valence-corrected chi connectivity index (χ3v) is 7.45. The van der Waals surface area contributed by atoms with Gasteiger partial charge in [-0.3, -0.25) is 9.79 Å². The first-order chi connectivity index (χ1) is 22.3. The topological polar surface area (TPSA) is 136 Å². The molecular formula is C31H26F3N9O3. The first-order valence-electron chi connectivity index (χ1n) is 14.4. The summed E-state index contributed by atoms with van der Waals surface area (Å²) in [5.74, 6) is 0.399. The summed E-state index contributed by atoms with van der Waals surface area (Å²) in [4.78, 5) is 23.4. The molecule has 1 amide bonds. The molecule has 3 aromatic heterocycles. The Labute approximate surface area is 259 Å². The molecule has 234 valence electrons. The average molecular weight is 630 g/mol. The molecule has 1 fully saturated rings. The molecule has 1 atom stereocenters. The van der Waals surface area contributed by atoms with Crippen molar-refractivity contribution in [2.75, 3.05) is 41.8 Å². The van der Waals surface area contributed by atoms with Gasteiger partial charge in [0.15, 0.2) is 0 Å². The van der Waals surface area contributed by atoms with Crippen molar-refractivity contribution in [1.29, 1.82) is 0 Å². The van der Waals surface area contributed by atoms with Crippen molar-refractivity contribution in [3.63, 3.8) is 0 Å². The standard InChI is InChI=1S/C31H26F3N9O3/c32-31(33,34)24-11-10-20(17-35-24)43-29(42-12-14-45-15-13-42)22(18-36-43)28-40-41-30(46-28)39-25-16-26(44)37-23-9-5-4-8-21(23)27(38-25)19-6-2-1-3-7-19/h1-11,17-18,25H,12-16H2,(H,37,44)(H,39,41)/t25-/m1/s1. The Kier molecular flexibility index (Phi) is 7.66. The molecule has 12 nitrogen and oxygen atoms in total. The Bertz CT molecular complexity index is 1880. The van der Waals surface area contributed by atoms with Gasteiger partial charge in [0.05, 0.1) is 49.1 Å². The molecule has 1 saturated heterocycles. The second kappa shape index (κ2) is 12.1. The number of halogens is 3. The molecule has 0 spiro atoms. The van der Waals surface area contributed by atoms with E-state index in [2.05, 4.69) is 30.9 Å². The predicted octanol–water partition coefficient (Wildman–Crippen LogP) is 4.79. The van der Waals surface area contributed by atoms with Gasteiger partial charge in [0.25, 0.3) is 5.89 Å². The highest BCUT2D eigenvalue weighted by atomic mass is 19.4. The Morgan fingerprint density at radius 2 is 1.70 bits per heavy atom. The molecule has 15 heteroatoms. The van der Waals surface area contributed by atoms with E-state index in [1.165, 1.54) is 16.9 Å². The van der Waals surface area contributed by atoms with Crippen LogP contribution in [0.25, 0.3) is 17.1 Å².